The summed E-state index contributed by atoms with van der Waals surface area (Å²) in [6.07, 6.45) is 2.69. The number of aromatic nitrogens is 3. The van der Waals surface area contributed by atoms with E-state index in [1.807, 2.05) is 6.07 Å². The summed E-state index contributed by atoms with van der Waals surface area (Å²) in [7, 11) is 0. The average molecular weight is 297 g/mol. The first-order valence-electron chi connectivity index (χ1n) is 5.45. The molecular formula is C10H13BrN6. The Morgan fingerprint density at radius 1 is 1.47 bits per heavy atom. The van der Waals surface area contributed by atoms with E-state index in [1.165, 1.54) is 0 Å². The van der Waals surface area contributed by atoms with Gasteiger partial charge in [0.25, 0.3) is 0 Å². The molecular weight excluding hydrogens is 284 g/mol. The SMILES string of the molecule is Nc1cc(N2CC[C@@H](N)C2)nc2c(Br)cnn12. The zero-order valence-electron chi connectivity index (χ0n) is 9.17. The number of hydrogen-bond donors (Lipinski definition) is 2. The third-order valence-corrected chi connectivity index (χ3v) is 3.55. The van der Waals surface area contributed by atoms with Crippen molar-refractivity contribution in [3.63, 3.8) is 0 Å². The first-order chi connectivity index (χ1) is 8.15. The number of nitrogens with two attached hydrogens (primary N) is 2. The van der Waals surface area contributed by atoms with Gasteiger partial charge in [-0.1, -0.05) is 0 Å². The van der Waals surface area contributed by atoms with E-state index in [0.29, 0.717) is 5.82 Å². The highest BCUT2D eigenvalue weighted by Crippen LogP contribution is 2.24. The molecule has 2 aromatic rings. The highest BCUT2D eigenvalue weighted by molar-refractivity contribution is 9.10. The van der Waals surface area contributed by atoms with Gasteiger partial charge < -0.3 is 16.4 Å². The molecule has 0 aliphatic carbocycles. The number of anilines is 2. The fourth-order valence-corrected chi connectivity index (χ4v) is 2.45. The fraction of sp³-hybridized carbons (Fsp3) is 0.400. The van der Waals surface area contributed by atoms with Crippen molar-refractivity contribution in [1.82, 2.24) is 14.6 Å². The van der Waals surface area contributed by atoms with Crippen LogP contribution in [0.5, 0.6) is 0 Å². The molecule has 6 nitrogen and oxygen atoms in total. The number of hydrogen-bond acceptors (Lipinski definition) is 5. The predicted molar refractivity (Wildman–Crippen MR) is 69.9 cm³/mol. The van der Waals surface area contributed by atoms with Crippen molar-refractivity contribution in [2.45, 2.75) is 12.5 Å². The maximum atomic E-state index is 5.95. The van der Waals surface area contributed by atoms with Crippen LogP contribution in [0.2, 0.25) is 0 Å². The third kappa shape index (κ3) is 1.75. The normalized spacial score (nSPS) is 20.4. The third-order valence-electron chi connectivity index (χ3n) is 2.99. The van der Waals surface area contributed by atoms with E-state index in [-0.39, 0.29) is 6.04 Å². The lowest BCUT2D eigenvalue weighted by Gasteiger charge is -2.17. The van der Waals surface area contributed by atoms with E-state index in [2.05, 4.69) is 30.9 Å². The average Bonchev–Trinajstić information content (AvgIpc) is 2.87. The van der Waals surface area contributed by atoms with Crippen molar-refractivity contribution in [1.29, 1.82) is 0 Å². The molecule has 1 atom stereocenters. The number of nitrogen functional groups attached to an aromatic ring is 1. The summed E-state index contributed by atoms with van der Waals surface area (Å²) in [5.41, 5.74) is 12.6. The molecule has 17 heavy (non-hydrogen) atoms. The van der Waals surface area contributed by atoms with Gasteiger partial charge in [-0.05, 0) is 22.4 Å². The van der Waals surface area contributed by atoms with E-state index >= 15 is 0 Å². The molecule has 0 unspecified atom stereocenters. The number of fused-ring (bicyclic) bond motifs is 1. The smallest absolute Gasteiger partial charge is 0.173 e. The fourth-order valence-electron chi connectivity index (χ4n) is 2.10. The summed E-state index contributed by atoms with van der Waals surface area (Å²) < 4.78 is 2.46. The van der Waals surface area contributed by atoms with Crippen LogP contribution in [0.4, 0.5) is 11.6 Å². The van der Waals surface area contributed by atoms with Gasteiger partial charge in [-0.2, -0.15) is 9.61 Å². The van der Waals surface area contributed by atoms with Crippen molar-refractivity contribution >= 4 is 33.2 Å². The van der Waals surface area contributed by atoms with Gasteiger partial charge in [0.05, 0.1) is 10.7 Å². The Labute approximate surface area is 107 Å². The first-order valence-corrected chi connectivity index (χ1v) is 6.25. The molecule has 7 heteroatoms. The number of nitrogens with zero attached hydrogens (tertiary/aromatic N) is 4. The highest BCUT2D eigenvalue weighted by atomic mass is 79.9. The molecule has 0 saturated carbocycles. The van der Waals surface area contributed by atoms with Gasteiger partial charge in [0.2, 0.25) is 0 Å². The van der Waals surface area contributed by atoms with Crippen LogP contribution in [0.15, 0.2) is 16.7 Å². The molecule has 90 valence electrons. The van der Waals surface area contributed by atoms with Crippen molar-refractivity contribution in [2.75, 3.05) is 23.7 Å². The maximum absolute atomic E-state index is 5.95. The van der Waals surface area contributed by atoms with Crippen molar-refractivity contribution < 1.29 is 0 Å². The summed E-state index contributed by atoms with van der Waals surface area (Å²) in [4.78, 5) is 6.71. The van der Waals surface area contributed by atoms with Crippen LogP contribution in [0.3, 0.4) is 0 Å². The predicted octanol–water partition coefficient (Wildman–Crippen LogP) is 0.611. The molecule has 1 fully saturated rings. The van der Waals surface area contributed by atoms with Crippen molar-refractivity contribution in [3.05, 3.63) is 16.7 Å². The van der Waals surface area contributed by atoms with E-state index < -0.39 is 0 Å². The molecule has 0 spiro atoms. The molecule has 1 aliphatic rings. The summed E-state index contributed by atoms with van der Waals surface area (Å²) >= 11 is 3.41. The Hall–Kier alpha value is -1.34. The standard InChI is InChI=1S/C10H13BrN6/c11-7-4-14-17-8(13)3-9(15-10(7)17)16-2-1-6(12)5-16/h3-4,6H,1-2,5,12-13H2/t6-/m1/s1. The van der Waals surface area contributed by atoms with E-state index in [0.717, 1.165) is 35.4 Å². The van der Waals surface area contributed by atoms with Crippen LogP contribution < -0.4 is 16.4 Å². The molecule has 1 aliphatic heterocycles. The molecule has 0 aromatic carbocycles. The monoisotopic (exact) mass is 296 g/mol. The summed E-state index contributed by atoms with van der Waals surface area (Å²) in [6.45, 7) is 1.75. The summed E-state index contributed by atoms with van der Waals surface area (Å²) in [5, 5.41) is 4.14. The minimum Gasteiger partial charge on any atom is -0.383 e. The maximum Gasteiger partial charge on any atom is 0.173 e. The van der Waals surface area contributed by atoms with Crippen LogP contribution in [-0.2, 0) is 0 Å². The minimum atomic E-state index is 0.225. The molecule has 0 bridgehead atoms. The summed E-state index contributed by atoms with van der Waals surface area (Å²) in [5.74, 6) is 1.44. The molecule has 0 amide bonds. The Morgan fingerprint density at radius 3 is 3.00 bits per heavy atom. The van der Waals surface area contributed by atoms with Crippen LogP contribution in [0.25, 0.3) is 5.65 Å². The largest absolute Gasteiger partial charge is 0.383 e. The van der Waals surface area contributed by atoms with Gasteiger partial charge in [0.15, 0.2) is 5.65 Å². The van der Waals surface area contributed by atoms with Gasteiger partial charge >= 0.3 is 0 Å². The molecule has 3 heterocycles. The number of halogens is 1. The van der Waals surface area contributed by atoms with Crippen LogP contribution >= 0.6 is 15.9 Å². The molecule has 2 aromatic heterocycles. The lowest BCUT2D eigenvalue weighted by molar-refractivity contribution is 0.751. The lowest BCUT2D eigenvalue weighted by atomic mass is 10.3. The topological polar surface area (TPSA) is 85.5 Å². The summed E-state index contributed by atoms with van der Waals surface area (Å²) in [6, 6.07) is 2.06. The second kappa shape index (κ2) is 3.85. The van der Waals surface area contributed by atoms with Crippen LogP contribution in [0.1, 0.15) is 6.42 Å². The van der Waals surface area contributed by atoms with Gasteiger partial charge in [-0.3, -0.25) is 0 Å². The van der Waals surface area contributed by atoms with Gasteiger partial charge in [0, 0.05) is 25.2 Å². The Bertz CT molecular complexity index is 565. The van der Waals surface area contributed by atoms with Crippen LogP contribution in [-0.4, -0.2) is 33.7 Å². The van der Waals surface area contributed by atoms with Gasteiger partial charge in [0.1, 0.15) is 11.6 Å². The van der Waals surface area contributed by atoms with E-state index in [9.17, 15) is 0 Å². The number of rotatable bonds is 1. The second-order valence-electron chi connectivity index (χ2n) is 4.26. The Morgan fingerprint density at radius 2 is 2.29 bits per heavy atom. The minimum absolute atomic E-state index is 0.225. The molecule has 3 rings (SSSR count). The second-order valence-corrected chi connectivity index (χ2v) is 5.12. The molecule has 0 radical (unpaired) electrons. The zero-order chi connectivity index (χ0) is 12.0. The van der Waals surface area contributed by atoms with Crippen LogP contribution in [0, 0.1) is 0 Å². The lowest BCUT2D eigenvalue weighted by Crippen LogP contribution is -2.27. The Balaban J connectivity index is 2.08. The Kier molecular flexibility index (Phi) is 2.44. The van der Waals surface area contributed by atoms with Gasteiger partial charge in [-0.25, -0.2) is 4.98 Å². The highest BCUT2D eigenvalue weighted by Gasteiger charge is 2.21. The molecule has 1 saturated heterocycles. The quantitative estimate of drug-likeness (QED) is 0.805. The van der Waals surface area contributed by atoms with Crippen molar-refractivity contribution in [2.24, 2.45) is 5.73 Å². The van der Waals surface area contributed by atoms with Gasteiger partial charge in [-0.15, -0.1) is 0 Å². The zero-order valence-corrected chi connectivity index (χ0v) is 10.8. The van der Waals surface area contributed by atoms with E-state index in [1.54, 1.807) is 10.7 Å². The first kappa shape index (κ1) is 10.8. The molecule has 4 N–H and O–H groups in total. The van der Waals surface area contributed by atoms with E-state index in [4.69, 9.17) is 11.5 Å². The van der Waals surface area contributed by atoms with Crippen molar-refractivity contribution in [3.8, 4) is 0 Å².